The third kappa shape index (κ3) is 4.45. The number of benzene rings is 1. The van der Waals surface area contributed by atoms with Crippen LogP contribution in [0, 0.1) is 0 Å². The fourth-order valence-corrected chi connectivity index (χ4v) is 3.32. The van der Waals surface area contributed by atoms with Gasteiger partial charge in [0.05, 0.1) is 6.61 Å². The summed E-state index contributed by atoms with van der Waals surface area (Å²) in [5.74, 6) is 0.959. The zero-order chi connectivity index (χ0) is 15.1. The molecule has 118 valence electrons. The molecule has 0 aliphatic carbocycles. The number of ether oxygens (including phenoxy) is 1. The van der Waals surface area contributed by atoms with E-state index in [-0.39, 0.29) is 0 Å². The van der Waals surface area contributed by atoms with Gasteiger partial charge in [-0.2, -0.15) is 0 Å². The Kier molecular flexibility index (Phi) is 6.52. The molecule has 2 atom stereocenters. The first-order valence-corrected chi connectivity index (χ1v) is 8.42. The van der Waals surface area contributed by atoms with Crippen molar-refractivity contribution in [2.75, 3.05) is 26.7 Å². The molecule has 1 fully saturated rings. The molecule has 0 bridgehead atoms. The van der Waals surface area contributed by atoms with Crippen LogP contribution in [0.4, 0.5) is 0 Å². The van der Waals surface area contributed by atoms with Crippen molar-refractivity contribution in [3.63, 3.8) is 0 Å². The lowest BCUT2D eigenvalue weighted by atomic mass is 9.98. The van der Waals surface area contributed by atoms with E-state index in [0.29, 0.717) is 6.04 Å². The van der Waals surface area contributed by atoms with E-state index >= 15 is 0 Å². The molecule has 0 radical (unpaired) electrons. The van der Waals surface area contributed by atoms with Gasteiger partial charge in [-0.05, 0) is 57.5 Å². The molecule has 2 unspecified atom stereocenters. The van der Waals surface area contributed by atoms with Crippen LogP contribution < -0.4 is 10.1 Å². The maximum atomic E-state index is 5.53. The quantitative estimate of drug-likeness (QED) is 0.830. The Balaban J connectivity index is 2.01. The SMILES string of the molecule is CCOc1ccc(C(CN2CCCCC2CC)NC)cc1. The number of hydrogen-bond donors (Lipinski definition) is 1. The van der Waals surface area contributed by atoms with Crippen LogP contribution in [0.2, 0.25) is 0 Å². The van der Waals surface area contributed by atoms with Crippen molar-refractivity contribution in [2.24, 2.45) is 0 Å². The van der Waals surface area contributed by atoms with Crippen LogP contribution in [-0.2, 0) is 0 Å². The number of nitrogens with zero attached hydrogens (tertiary/aromatic N) is 1. The van der Waals surface area contributed by atoms with Gasteiger partial charge in [0.2, 0.25) is 0 Å². The summed E-state index contributed by atoms with van der Waals surface area (Å²) < 4.78 is 5.53. The van der Waals surface area contributed by atoms with Gasteiger partial charge in [0.15, 0.2) is 0 Å². The first-order valence-electron chi connectivity index (χ1n) is 8.42. The molecular weight excluding hydrogens is 260 g/mol. The number of likely N-dealkylation sites (N-methyl/N-ethyl adjacent to an activating group) is 1. The molecule has 3 heteroatoms. The third-order valence-electron chi connectivity index (χ3n) is 4.58. The molecule has 1 heterocycles. The van der Waals surface area contributed by atoms with Gasteiger partial charge in [-0.25, -0.2) is 0 Å². The molecule has 3 nitrogen and oxygen atoms in total. The summed E-state index contributed by atoms with van der Waals surface area (Å²) in [6.07, 6.45) is 5.36. The summed E-state index contributed by atoms with van der Waals surface area (Å²) in [6, 6.07) is 9.70. The average Bonchev–Trinajstić information content (AvgIpc) is 2.54. The lowest BCUT2D eigenvalue weighted by molar-refractivity contribution is 0.130. The van der Waals surface area contributed by atoms with E-state index in [1.807, 2.05) is 6.92 Å². The first-order chi connectivity index (χ1) is 10.3. The van der Waals surface area contributed by atoms with E-state index < -0.39 is 0 Å². The minimum Gasteiger partial charge on any atom is -0.494 e. The van der Waals surface area contributed by atoms with Crippen LogP contribution >= 0.6 is 0 Å². The van der Waals surface area contributed by atoms with E-state index in [9.17, 15) is 0 Å². The van der Waals surface area contributed by atoms with Crippen LogP contribution in [-0.4, -0.2) is 37.7 Å². The Morgan fingerprint density at radius 1 is 1.24 bits per heavy atom. The summed E-state index contributed by atoms with van der Waals surface area (Å²) >= 11 is 0. The molecule has 1 aliphatic heterocycles. The average molecular weight is 290 g/mol. The summed E-state index contributed by atoms with van der Waals surface area (Å²) in [4.78, 5) is 2.67. The number of likely N-dealkylation sites (tertiary alicyclic amines) is 1. The van der Waals surface area contributed by atoms with Gasteiger partial charge in [-0.3, -0.25) is 4.90 Å². The molecule has 0 amide bonds. The standard InChI is InChI=1S/C18H30N2O/c1-4-16-8-6-7-13-20(16)14-18(19-3)15-9-11-17(12-10-15)21-5-2/h9-12,16,18-19H,4-8,13-14H2,1-3H3. The van der Waals surface area contributed by atoms with E-state index in [0.717, 1.165) is 24.9 Å². The Morgan fingerprint density at radius 3 is 2.62 bits per heavy atom. The molecule has 2 rings (SSSR count). The summed E-state index contributed by atoms with van der Waals surface area (Å²) in [6.45, 7) is 7.40. The summed E-state index contributed by atoms with van der Waals surface area (Å²) in [5.41, 5.74) is 1.35. The molecule has 1 aromatic rings. The largest absolute Gasteiger partial charge is 0.494 e. The second-order valence-corrected chi connectivity index (χ2v) is 5.90. The van der Waals surface area contributed by atoms with Gasteiger partial charge >= 0.3 is 0 Å². The lowest BCUT2D eigenvalue weighted by Gasteiger charge is -2.37. The second kappa shape index (κ2) is 8.40. The van der Waals surface area contributed by atoms with Crippen molar-refractivity contribution in [3.8, 4) is 5.75 Å². The normalized spacial score (nSPS) is 21.2. The fourth-order valence-electron chi connectivity index (χ4n) is 3.32. The number of nitrogens with one attached hydrogen (secondary N) is 1. The molecular formula is C18H30N2O. The minimum absolute atomic E-state index is 0.396. The molecule has 1 saturated heterocycles. The highest BCUT2D eigenvalue weighted by molar-refractivity contribution is 5.29. The Bertz CT molecular complexity index is 404. The van der Waals surface area contributed by atoms with E-state index in [2.05, 4.69) is 48.5 Å². The van der Waals surface area contributed by atoms with Crippen LogP contribution in [0.1, 0.15) is 51.1 Å². The van der Waals surface area contributed by atoms with Crippen molar-refractivity contribution < 1.29 is 4.74 Å². The maximum Gasteiger partial charge on any atom is 0.119 e. The van der Waals surface area contributed by atoms with Crippen molar-refractivity contribution >= 4 is 0 Å². The molecule has 21 heavy (non-hydrogen) atoms. The molecule has 1 aromatic carbocycles. The molecule has 0 saturated carbocycles. The number of hydrogen-bond acceptors (Lipinski definition) is 3. The zero-order valence-electron chi connectivity index (χ0n) is 13.8. The highest BCUT2D eigenvalue weighted by atomic mass is 16.5. The Hall–Kier alpha value is -1.06. The van der Waals surface area contributed by atoms with Gasteiger partial charge in [0.25, 0.3) is 0 Å². The first kappa shape index (κ1) is 16.3. The van der Waals surface area contributed by atoms with Crippen LogP contribution in [0.25, 0.3) is 0 Å². The van der Waals surface area contributed by atoms with Gasteiger partial charge in [-0.1, -0.05) is 25.5 Å². The molecule has 1 N–H and O–H groups in total. The van der Waals surface area contributed by atoms with Gasteiger partial charge in [0.1, 0.15) is 5.75 Å². The monoisotopic (exact) mass is 290 g/mol. The predicted octanol–water partition coefficient (Wildman–Crippen LogP) is 3.61. The van der Waals surface area contributed by atoms with Crippen molar-refractivity contribution in [1.82, 2.24) is 10.2 Å². The number of rotatable bonds is 7. The predicted molar refractivity (Wildman–Crippen MR) is 88.9 cm³/mol. The van der Waals surface area contributed by atoms with Crippen LogP contribution in [0.15, 0.2) is 24.3 Å². The molecule has 0 spiro atoms. The second-order valence-electron chi connectivity index (χ2n) is 5.90. The van der Waals surface area contributed by atoms with E-state index in [4.69, 9.17) is 4.74 Å². The summed E-state index contributed by atoms with van der Waals surface area (Å²) in [5, 5.41) is 3.48. The number of piperidine rings is 1. The third-order valence-corrected chi connectivity index (χ3v) is 4.58. The summed E-state index contributed by atoms with van der Waals surface area (Å²) in [7, 11) is 2.06. The topological polar surface area (TPSA) is 24.5 Å². The Labute approximate surface area is 129 Å². The molecule has 1 aliphatic rings. The van der Waals surface area contributed by atoms with Gasteiger partial charge in [-0.15, -0.1) is 0 Å². The maximum absolute atomic E-state index is 5.53. The van der Waals surface area contributed by atoms with E-state index in [1.54, 1.807) is 0 Å². The van der Waals surface area contributed by atoms with Crippen molar-refractivity contribution in [2.45, 2.75) is 51.6 Å². The van der Waals surface area contributed by atoms with Gasteiger partial charge < -0.3 is 10.1 Å². The smallest absolute Gasteiger partial charge is 0.119 e. The van der Waals surface area contributed by atoms with Crippen LogP contribution in [0.5, 0.6) is 5.75 Å². The highest BCUT2D eigenvalue weighted by Crippen LogP contribution is 2.24. The zero-order valence-corrected chi connectivity index (χ0v) is 13.8. The van der Waals surface area contributed by atoms with Gasteiger partial charge in [0, 0.05) is 18.6 Å². The highest BCUT2D eigenvalue weighted by Gasteiger charge is 2.23. The Morgan fingerprint density at radius 2 is 2.00 bits per heavy atom. The minimum atomic E-state index is 0.396. The fraction of sp³-hybridized carbons (Fsp3) is 0.667. The molecule has 0 aromatic heterocycles. The van der Waals surface area contributed by atoms with Crippen LogP contribution in [0.3, 0.4) is 0 Å². The van der Waals surface area contributed by atoms with E-state index in [1.165, 1.54) is 37.8 Å². The lowest BCUT2D eigenvalue weighted by Crippen LogP contribution is -2.43. The van der Waals surface area contributed by atoms with Crippen molar-refractivity contribution in [3.05, 3.63) is 29.8 Å². The van der Waals surface area contributed by atoms with Crippen molar-refractivity contribution in [1.29, 1.82) is 0 Å².